The Morgan fingerprint density at radius 3 is 2.49 bits per heavy atom. The Kier molecular flexibility index (Phi) is 10.1. The van der Waals surface area contributed by atoms with Gasteiger partial charge in [-0.3, -0.25) is 14.4 Å². The number of anilines is 2. The molecule has 1 aliphatic rings. The van der Waals surface area contributed by atoms with Gasteiger partial charge < -0.3 is 30.1 Å². The number of amides is 3. The number of nitrogens with zero attached hydrogens (tertiary/aromatic N) is 2. The lowest BCUT2D eigenvalue weighted by molar-refractivity contribution is -0.139. The lowest BCUT2D eigenvalue weighted by Gasteiger charge is -2.27. The molecule has 0 unspecified atom stereocenters. The number of carbonyl (C=O) groups excluding carboxylic acids is 3. The summed E-state index contributed by atoms with van der Waals surface area (Å²) in [6.07, 6.45) is 4.90. The maximum absolute atomic E-state index is 13.6. The standard InChI is InChI=1S/C34H37N3O6/c1-4-19-37-30-18-15-27(35-32(40)26-13-16-28(43-3)17-14-26)22-29(30)34(42,33(37)41)24(2)9-8-12-31(39)36(20-21-38)23-25-10-6-5-7-11-25/h4-11,13-18,22,24,38,42H,1,12,19-21,23H2,2-3H3,(H,35,40)/b9-8+/t24-,34+/m0/s1. The van der Waals surface area contributed by atoms with E-state index in [9.17, 15) is 24.6 Å². The van der Waals surface area contributed by atoms with E-state index in [1.54, 1.807) is 79.6 Å². The third-order valence-corrected chi connectivity index (χ3v) is 7.51. The minimum absolute atomic E-state index is 0.0304. The van der Waals surface area contributed by atoms with Gasteiger partial charge in [-0.1, -0.05) is 55.5 Å². The number of rotatable bonds is 13. The van der Waals surface area contributed by atoms with Crippen molar-refractivity contribution in [2.24, 2.45) is 5.92 Å². The average Bonchev–Trinajstić information content (AvgIpc) is 3.23. The Labute approximate surface area is 251 Å². The highest BCUT2D eigenvalue weighted by molar-refractivity contribution is 6.09. The molecule has 0 saturated heterocycles. The van der Waals surface area contributed by atoms with Gasteiger partial charge in [-0.05, 0) is 48.0 Å². The molecule has 0 radical (unpaired) electrons. The maximum atomic E-state index is 13.6. The van der Waals surface area contributed by atoms with E-state index < -0.39 is 17.4 Å². The fraction of sp³-hybridized carbons (Fsp3) is 0.265. The first kappa shape index (κ1) is 31.2. The predicted octanol–water partition coefficient (Wildman–Crippen LogP) is 4.27. The molecule has 4 rings (SSSR count). The molecule has 1 heterocycles. The van der Waals surface area contributed by atoms with Crippen molar-refractivity contribution in [1.82, 2.24) is 4.90 Å². The van der Waals surface area contributed by atoms with Crippen LogP contribution in [0.15, 0.2) is 97.6 Å². The van der Waals surface area contributed by atoms with Crippen molar-refractivity contribution in [3.05, 3.63) is 114 Å². The Morgan fingerprint density at radius 1 is 1.12 bits per heavy atom. The second-order valence-electron chi connectivity index (χ2n) is 10.3. The smallest absolute Gasteiger partial charge is 0.264 e. The molecule has 43 heavy (non-hydrogen) atoms. The van der Waals surface area contributed by atoms with Crippen LogP contribution in [0.5, 0.6) is 5.75 Å². The molecule has 0 fully saturated rings. The summed E-state index contributed by atoms with van der Waals surface area (Å²) in [7, 11) is 1.55. The van der Waals surface area contributed by atoms with E-state index in [2.05, 4.69) is 11.9 Å². The topological polar surface area (TPSA) is 119 Å². The first-order valence-corrected chi connectivity index (χ1v) is 14.1. The Bertz CT molecular complexity index is 1490. The number of benzene rings is 3. The number of ether oxygens (including phenoxy) is 1. The number of aliphatic hydroxyl groups excluding tert-OH is 1. The number of nitrogens with one attached hydrogen (secondary N) is 1. The summed E-state index contributed by atoms with van der Waals surface area (Å²) < 4.78 is 5.15. The normalized spacial score (nSPS) is 16.6. The first-order valence-electron chi connectivity index (χ1n) is 14.1. The van der Waals surface area contributed by atoms with Gasteiger partial charge in [0, 0.05) is 48.8 Å². The fourth-order valence-electron chi connectivity index (χ4n) is 5.14. The zero-order valence-electron chi connectivity index (χ0n) is 24.4. The van der Waals surface area contributed by atoms with Crippen molar-refractivity contribution in [3.63, 3.8) is 0 Å². The molecule has 3 aromatic carbocycles. The molecule has 9 nitrogen and oxygen atoms in total. The fourth-order valence-corrected chi connectivity index (χ4v) is 5.14. The molecule has 224 valence electrons. The SMILES string of the molecule is C=CCN1C(=O)[C@@](O)([C@@H](C)/C=C/CC(=O)N(CCO)Cc2ccccc2)c2cc(NC(=O)c3ccc(OC)cc3)ccc21. The van der Waals surface area contributed by atoms with Crippen LogP contribution in [0.3, 0.4) is 0 Å². The van der Waals surface area contributed by atoms with E-state index in [4.69, 9.17) is 4.74 Å². The Morgan fingerprint density at radius 2 is 1.84 bits per heavy atom. The second kappa shape index (κ2) is 14.0. The van der Waals surface area contributed by atoms with Gasteiger partial charge >= 0.3 is 0 Å². The maximum Gasteiger partial charge on any atom is 0.264 e. The summed E-state index contributed by atoms with van der Waals surface area (Å²) in [6.45, 7) is 6.02. The molecule has 0 aromatic heterocycles. The van der Waals surface area contributed by atoms with Gasteiger partial charge in [0.2, 0.25) is 5.91 Å². The van der Waals surface area contributed by atoms with Crippen LogP contribution < -0.4 is 15.0 Å². The van der Waals surface area contributed by atoms with Gasteiger partial charge in [-0.25, -0.2) is 0 Å². The predicted molar refractivity (Wildman–Crippen MR) is 166 cm³/mol. The summed E-state index contributed by atoms with van der Waals surface area (Å²) in [4.78, 5) is 42.5. The number of fused-ring (bicyclic) bond motifs is 1. The van der Waals surface area contributed by atoms with Gasteiger partial charge in [0.05, 0.1) is 19.4 Å². The monoisotopic (exact) mass is 583 g/mol. The van der Waals surface area contributed by atoms with Crippen molar-refractivity contribution >= 4 is 29.1 Å². The van der Waals surface area contributed by atoms with Crippen molar-refractivity contribution in [1.29, 1.82) is 0 Å². The van der Waals surface area contributed by atoms with E-state index >= 15 is 0 Å². The van der Waals surface area contributed by atoms with Crippen LogP contribution >= 0.6 is 0 Å². The van der Waals surface area contributed by atoms with E-state index in [1.807, 2.05) is 30.3 Å². The van der Waals surface area contributed by atoms with Crippen LogP contribution in [0, 0.1) is 5.92 Å². The summed E-state index contributed by atoms with van der Waals surface area (Å²) in [5.74, 6) is -1.15. The average molecular weight is 584 g/mol. The van der Waals surface area contributed by atoms with Gasteiger partial charge in [0.15, 0.2) is 5.60 Å². The summed E-state index contributed by atoms with van der Waals surface area (Å²) >= 11 is 0. The van der Waals surface area contributed by atoms with E-state index in [1.165, 1.54) is 4.90 Å². The van der Waals surface area contributed by atoms with E-state index in [0.717, 1.165) is 5.56 Å². The number of methoxy groups -OCH3 is 1. The van der Waals surface area contributed by atoms with Gasteiger partial charge in [-0.15, -0.1) is 6.58 Å². The minimum atomic E-state index is -1.94. The highest BCUT2D eigenvalue weighted by Crippen LogP contribution is 2.46. The van der Waals surface area contributed by atoms with Crippen molar-refractivity contribution in [3.8, 4) is 5.75 Å². The molecule has 0 spiro atoms. The Hall–Kier alpha value is -4.73. The van der Waals surface area contributed by atoms with Gasteiger partial charge in [0.25, 0.3) is 11.8 Å². The molecule has 3 aromatic rings. The molecule has 0 aliphatic carbocycles. The highest BCUT2D eigenvalue weighted by atomic mass is 16.5. The third kappa shape index (κ3) is 6.85. The van der Waals surface area contributed by atoms with Crippen molar-refractivity contribution in [2.75, 3.05) is 37.0 Å². The number of carbonyl (C=O) groups is 3. The lowest BCUT2D eigenvalue weighted by atomic mass is 9.82. The molecule has 3 N–H and O–H groups in total. The number of hydrogen-bond acceptors (Lipinski definition) is 6. The molecule has 3 amide bonds. The van der Waals surface area contributed by atoms with Crippen LogP contribution in [0.1, 0.15) is 34.8 Å². The molecular formula is C34H37N3O6. The molecule has 0 saturated carbocycles. The largest absolute Gasteiger partial charge is 0.497 e. The third-order valence-electron chi connectivity index (χ3n) is 7.51. The van der Waals surface area contributed by atoms with Crippen LogP contribution in [0.25, 0.3) is 0 Å². The summed E-state index contributed by atoms with van der Waals surface area (Å²) in [5.41, 5.74) is 0.710. The van der Waals surface area contributed by atoms with Crippen LogP contribution in [-0.4, -0.2) is 59.6 Å². The van der Waals surface area contributed by atoms with E-state index in [0.29, 0.717) is 34.8 Å². The minimum Gasteiger partial charge on any atom is -0.497 e. The Balaban J connectivity index is 1.54. The number of hydrogen-bond donors (Lipinski definition) is 3. The summed E-state index contributed by atoms with van der Waals surface area (Å²) in [6, 6.07) is 21.1. The second-order valence-corrected chi connectivity index (χ2v) is 10.3. The number of aliphatic hydroxyl groups is 2. The molecule has 2 atom stereocenters. The highest BCUT2D eigenvalue weighted by Gasteiger charge is 2.52. The van der Waals surface area contributed by atoms with E-state index in [-0.39, 0.29) is 37.9 Å². The zero-order valence-corrected chi connectivity index (χ0v) is 24.4. The van der Waals surface area contributed by atoms with Gasteiger partial charge in [0.1, 0.15) is 5.75 Å². The zero-order chi connectivity index (χ0) is 31.0. The molecular weight excluding hydrogens is 546 g/mol. The summed E-state index contributed by atoms with van der Waals surface area (Å²) in [5, 5.41) is 24.3. The molecule has 1 aliphatic heterocycles. The molecule has 9 heteroatoms. The van der Waals surface area contributed by atoms with Crippen molar-refractivity contribution < 1.29 is 29.3 Å². The van der Waals surface area contributed by atoms with Crippen LogP contribution in [0.4, 0.5) is 11.4 Å². The van der Waals surface area contributed by atoms with Crippen molar-refractivity contribution in [2.45, 2.75) is 25.5 Å². The van der Waals surface area contributed by atoms with Gasteiger partial charge in [-0.2, -0.15) is 0 Å². The van der Waals surface area contributed by atoms with Crippen LogP contribution in [-0.2, 0) is 21.7 Å². The van der Waals surface area contributed by atoms with Crippen LogP contribution in [0.2, 0.25) is 0 Å². The molecule has 0 bridgehead atoms. The lowest BCUT2D eigenvalue weighted by Crippen LogP contribution is -2.44. The quantitative estimate of drug-likeness (QED) is 0.259. The first-order chi connectivity index (χ1) is 20.7.